The Labute approximate surface area is 127 Å². The quantitative estimate of drug-likeness (QED) is 0.905. The van der Waals surface area contributed by atoms with Crippen molar-refractivity contribution in [1.82, 2.24) is 9.62 Å². The minimum atomic E-state index is -3.32. The average Bonchev–Trinajstić information content (AvgIpc) is 2.85. The van der Waals surface area contributed by atoms with Gasteiger partial charge in [0.15, 0.2) is 0 Å². The largest absolute Gasteiger partial charge is 0.314 e. The molecule has 1 aromatic rings. The lowest BCUT2D eigenvalue weighted by Crippen LogP contribution is -2.46. The smallest absolute Gasteiger partial charge is 0.243 e. The maximum atomic E-state index is 12.6. The third-order valence-corrected chi connectivity index (χ3v) is 6.11. The van der Waals surface area contributed by atoms with Gasteiger partial charge in [0.05, 0.1) is 4.90 Å². The summed E-state index contributed by atoms with van der Waals surface area (Å²) in [4.78, 5) is 0.428. The van der Waals surface area contributed by atoms with Crippen LogP contribution in [0.4, 0.5) is 0 Å². The summed E-state index contributed by atoms with van der Waals surface area (Å²) < 4.78 is 26.9. The molecule has 3 rings (SSSR count). The standard InChI is InChI=1S/C14H20N2O2S.ClH/c1-11-3-2-4-13(9-11)19(17,18)16-8-6-14-12(10-16)5-7-15-14;/h2-4,9,12,14-15H,5-8,10H2,1H3;1H. The lowest BCUT2D eigenvalue weighted by molar-refractivity contribution is 0.247. The fourth-order valence-electron chi connectivity index (χ4n) is 3.16. The Balaban J connectivity index is 0.00000147. The molecule has 2 saturated heterocycles. The van der Waals surface area contributed by atoms with E-state index in [0.29, 0.717) is 29.9 Å². The molecule has 0 spiro atoms. The molecule has 4 nitrogen and oxygen atoms in total. The Hall–Kier alpha value is -0.620. The molecule has 0 aromatic heterocycles. The van der Waals surface area contributed by atoms with E-state index >= 15 is 0 Å². The highest BCUT2D eigenvalue weighted by molar-refractivity contribution is 7.89. The third-order valence-electron chi connectivity index (χ3n) is 4.25. The van der Waals surface area contributed by atoms with Crippen molar-refractivity contribution in [3.63, 3.8) is 0 Å². The minimum Gasteiger partial charge on any atom is -0.314 e. The molecule has 0 amide bonds. The molecule has 0 saturated carbocycles. The topological polar surface area (TPSA) is 49.4 Å². The number of rotatable bonds is 2. The number of fused-ring (bicyclic) bond motifs is 1. The van der Waals surface area contributed by atoms with Gasteiger partial charge in [-0.1, -0.05) is 12.1 Å². The molecular weight excluding hydrogens is 296 g/mol. The molecule has 0 radical (unpaired) electrons. The predicted octanol–water partition coefficient (Wildman–Crippen LogP) is 1.79. The van der Waals surface area contributed by atoms with E-state index in [-0.39, 0.29) is 12.4 Å². The number of hydrogen-bond acceptors (Lipinski definition) is 3. The molecule has 2 aliphatic heterocycles. The van der Waals surface area contributed by atoms with Gasteiger partial charge in [0.1, 0.15) is 0 Å². The fraction of sp³-hybridized carbons (Fsp3) is 0.571. The van der Waals surface area contributed by atoms with Crippen molar-refractivity contribution in [2.45, 2.75) is 30.7 Å². The van der Waals surface area contributed by atoms with Gasteiger partial charge in [0.25, 0.3) is 0 Å². The molecule has 0 aliphatic carbocycles. The first-order valence-electron chi connectivity index (χ1n) is 6.87. The van der Waals surface area contributed by atoms with Crippen LogP contribution in [0.3, 0.4) is 0 Å². The molecule has 2 unspecified atom stereocenters. The van der Waals surface area contributed by atoms with Gasteiger partial charge in [-0.2, -0.15) is 4.31 Å². The monoisotopic (exact) mass is 316 g/mol. The maximum absolute atomic E-state index is 12.6. The van der Waals surface area contributed by atoms with Crippen molar-refractivity contribution in [3.8, 4) is 0 Å². The van der Waals surface area contributed by atoms with Gasteiger partial charge in [-0.3, -0.25) is 0 Å². The van der Waals surface area contributed by atoms with Gasteiger partial charge < -0.3 is 5.32 Å². The minimum absolute atomic E-state index is 0. The van der Waals surface area contributed by atoms with E-state index in [1.165, 1.54) is 0 Å². The highest BCUT2D eigenvalue weighted by Crippen LogP contribution is 2.28. The second kappa shape index (κ2) is 6.02. The van der Waals surface area contributed by atoms with Crippen LogP contribution < -0.4 is 5.32 Å². The molecule has 2 atom stereocenters. The van der Waals surface area contributed by atoms with E-state index in [2.05, 4.69) is 5.32 Å². The number of sulfonamides is 1. The van der Waals surface area contributed by atoms with E-state index in [0.717, 1.165) is 24.9 Å². The van der Waals surface area contributed by atoms with E-state index in [1.807, 2.05) is 19.1 Å². The highest BCUT2D eigenvalue weighted by atomic mass is 35.5. The Kier molecular flexibility index (Phi) is 4.74. The molecule has 1 aromatic carbocycles. The molecule has 2 aliphatic rings. The van der Waals surface area contributed by atoms with Gasteiger partial charge in [0, 0.05) is 19.1 Å². The average molecular weight is 317 g/mol. The van der Waals surface area contributed by atoms with Crippen LogP contribution in [-0.2, 0) is 10.0 Å². The lowest BCUT2D eigenvalue weighted by atomic mass is 9.95. The SMILES string of the molecule is Cc1cccc(S(=O)(=O)N2CCC3NCCC3C2)c1.Cl. The first kappa shape index (κ1) is 15.8. The fourth-order valence-corrected chi connectivity index (χ4v) is 4.77. The van der Waals surface area contributed by atoms with Gasteiger partial charge >= 0.3 is 0 Å². The predicted molar refractivity (Wildman–Crippen MR) is 81.7 cm³/mol. The summed E-state index contributed by atoms with van der Waals surface area (Å²) in [6.45, 7) is 4.23. The Morgan fingerprint density at radius 2 is 2.10 bits per heavy atom. The Morgan fingerprint density at radius 1 is 1.30 bits per heavy atom. The van der Waals surface area contributed by atoms with Crippen molar-refractivity contribution in [1.29, 1.82) is 0 Å². The van der Waals surface area contributed by atoms with E-state index < -0.39 is 10.0 Å². The first-order chi connectivity index (χ1) is 9.07. The zero-order chi connectivity index (χ0) is 13.5. The second-order valence-electron chi connectivity index (χ2n) is 5.58. The second-order valence-corrected chi connectivity index (χ2v) is 7.52. The zero-order valence-corrected chi connectivity index (χ0v) is 13.2. The Bertz CT molecular complexity index is 576. The molecule has 0 bridgehead atoms. The van der Waals surface area contributed by atoms with Gasteiger partial charge in [-0.15, -0.1) is 12.4 Å². The molecule has 2 fully saturated rings. The van der Waals surface area contributed by atoms with Crippen LogP contribution in [0, 0.1) is 12.8 Å². The highest BCUT2D eigenvalue weighted by Gasteiger charge is 2.37. The molecular formula is C14H21ClN2O2S. The number of hydrogen-bond donors (Lipinski definition) is 1. The van der Waals surface area contributed by atoms with Crippen LogP contribution in [0.25, 0.3) is 0 Å². The van der Waals surface area contributed by atoms with Crippen molar-refractivity contribution >= 4 is 22.4 Å². The first-order valence-corrected chi connectivity index (χ1v) is 8.31. The van der Waals surface area contributed by atoms with Crippen molar-refractivity contribution in [2.75, 3.05) is 19.6 Å². The maximum Gasteiger partial charge on any atom is 0.243 e. The number of nitrogens with one attached hydrogen (secondary N) is 1. The molecule has 2 heterocycles. The normalized spacial score (nSPS) is 26.9. The summed E-state index contributed by atoms with van der Waals surface area (Å²) in [6, 6.07) is 7.71. The van der Waals surface area contributed by atoms with Crippen LogP contribution in [0.15, 0.2) is 29.2 Å². The summed E-state index contributed by atoms with van der Waals surface area (Å²) in [5.74, 6) is 0.480. The molecule has 6 heteroatoms. The van der Waals surface area contributed by atoms with Crippen LogP contribution in [0.2, 0.25) is 0 Å². The van der Waals surface area contributed by atoms with Gasteiger partial charge in [-0.25, -0.2) is 8.42 Å². The Morgan fingerprint density at radius 3 is 2.85 bits per heavy atom. The van der Waals surface area contributed by atoms with Crippen LogP contribution in [-0.4, -0.2) is 38.4 Å². The van der Waals surface area contributed by atoms with Gasteiger partial charge in [-0.05, 0) is 49.9 Å². The zero-order valence-electron chi connectivity index (χ0n) is 11.6. The summed E-state index contributed by atoms with van der Waals surface area (Å²) in [5.41, 5.74) is 0.985. The molecule has 112 valence electrons. The van der Waals surface area contributed by atoms with Gasteiger partial charge in [0.2, 0.25) is 10.0 Å². The van der Waals surface area contributed by atoms with Crippen LogP contribution >= 0.6 is 12.4 Å². The lowest BCUT2D eigenvalue weighted by Gasteiger charge is -2.34. The molecule has 20 heavy (non-hydrogen) atoms. The number of piperidine rings is 1. The van der Waals surface area contributed by atoms with Crippen molar-refractivity contribution in [2.24, 2.45) is 5.92 Å². The van der Waals surface area contributed by atoms with E-state index in [9.17, 15) is 8.42 Å². The summed E-state index contributed by atoms with van der Waals surface area (Å²) in [6.07, 6.45) is 2.01. The van der Waals surface area contributed by atoms with E-state index in [4.69, 9.17) is 0 Å². The molecule has 1 N–H and O–H groups in total. The number of halogens is 1. The number of nitrogens with zero attached hydrogens (tertiary/aromatic N) is 1. The summed E-state index contributed by atoms with van der Waals surface area (Å²) in [5, 5.41) is 3.46. The number of aryl methyl sites for hydroxylation is 1. The number of benzene rings is 1. The van der Waals surface area contributed by atoms with Crippen molar-refractivity contribution < 1.29 is 8.42 Å². The summed E-state index contributed by atoms with van der Waals surface area (Å²) in [7, 11) is -3.32. The van der Waals surface area contributed by atoms with Crippen LogP contribution in [0.1, 0.15) is 18.4 Å². The summed E-state index contributed by atoms with van der Waals surface area (Å²) >= 11 is 0. The van der Waals surface area contributed by atoms with Crippen molar-refractivity contribution in [3.05, 3.63) is 29.8 Å². The van der Waals surface area contributed by atoms with E-state index in [1.54, 1.807) is 16.4 Å². The van der Waals surface area contributed by atoms with Crippen LogP contribution in [0.5, 0.6) is 0 Å². The third kappa shape index (κ3) is 2.86.